The molecule has 4 nitrogen and oxygen atoms in total. The van der Waals surface area contributed by atoms with Crippen LogP contribution in [-0.4, -0.2) is 22.3 Å². The summed E-state index contributed by atoms with van der Waals surface area (Å²) in [5.41, 5.74) is 0.442. The molecule has 0 fully saturated rings. The van der Waals surface area contributed by atoms with Crippen LogP contribution in [0.3, 0.4) is 0 Å². The van der Waals surface area contributed by atoms with E-state index >= 15 is 0 Å². The van der Waals surface area contributed by atoms with Crippen molar-refractivity contribution in [3.63, 3.8) is 0 Å². The van der Waals surface area contributed by atoms with Crippen molar-refractivity contribution < 1.29 is 4.42 Å². The van der Waals surface area contributed by atoms with Crippen molar-refractivity contribution in [3.05, 3.63) is 11.8 Å². The quantitative estimate of drug-likeness (QED) is 0.876. The summed E-state index contributed by atoms with van der Waals surface area (Å²) in [6, 6.07) is 0. The number of aryl methyl sites for hydroxylation is 1. The van der Waals surface area contributed by atoms with Gasteiger partial charge in [0, 0.05) is 24.9 Å². The Balaban J connectivity index is 2.35. The van der Waals surface area contributed by atoms with Crippen molar-refractivity contribution in [2.75, 3.05) is 6.54 Å². The van der Waals surface area contributed by atoms with Crippen molar-refractivity contribution in [2.24, 2.45) is 5.41 Å². The molecule has 0 radical (unpaired) electrons. The van der Waals surface area contributed by atoms with Gasteiger partial charge in [0.1, 0.15) is 0 Å². The Morgan fingerprint density at radius 3 is 2.00 bits per heavy atom. The molecule has 1 aromatic heterocycles. The maximum atomic E-state index is 5.63. The molecule has 0 amide bonds. The van der Waals surface area contributed by atoms with Gasteiger partial charge in [-0.25, -0.2) is 0 Å². The second-order valence-corrected chi connectivity index (χ2v) is 7.08. The fourth-order valence-corrected chi connectivity index (χ4v) is 1.52. The number of aromatic nitrogens is 2. The van der Waals surface area contributed by atoms with Gasteiger partial charge in [0.2, 0.25) is 11.8 Å². The van der Waals surface area contributed by atoms with Gasteiger partial charge in [0.05, 0.1) is 0 Å². The first kappa shape index (κ1) is 15.2. The normalized spacial score (nSPS) is 13.0. The fourth-order valence-electron chi connectivity index (χ4n) is 1.52. The molecule has 1 rings (SSSR count). The third-order valence-corrected chi connectivity index (χ3v) is 2.59. The van der Waals surface area contributed by atoms with Gasteiger partial charge in [-0.05, 0) is 32.6 Å². The minimum absolute atomic E-state index is 0.134. The van der Waals surface area contributed by atoms with Crippen LogP contribution in [0.25, 0.3) is 0 Å². The molecule has 0 unspecified atom stereocenters. The highest BCUT2D eigenvalue weighted by Crippen LogP contribution is 2.20. The van der Waals surface area contributed by atoms with Gasteiger partial charge in [0.15, 0.2) is 0 Å². The predicted molar refractivity (Wildman–Crippen MR) is 73.5 cm³/mol. The van der Waals surface area contributed by atoms with Gasteiger partial charge in [-0.15, -0.1) is 10.2 Å². The highest BCUT2D eigenvalue weighted by atomic mass is 16.4. The zero-order valence-electron chi connectivity index (χ0n) is 12.6. The Morgan fingerprint density at radius 1 is 0.944 bits per heavy atom. The monoisotopic (exact) mass is 253 g/mol. The molecule has 4 heteroatoms. The van der Waals surface area contributed by atoms with Crippen molar-refractivity contribution in [1.29, 1.82) is 0 Å². The molecular weight excluding hydrogens is 226 g/mol. The zero-order valence-corrected chi connectivity index (χ0v) is 12.6. The topological polar surface area (TPSA) is 51.0 Å². The van der Waals surface area contributed by atoms with Gasteiger partial charge >= 0.3 is 0 Å². The summed E-state index contributed by atoms with van der Waals surface area (Å²) in [6.07, 6.45) is 2.72. The lowest BCUT2D eigenvalue weighted by atomic mass is 9.91. The number of nitrogens with zero attached hydrogens (tertiary/aromatic N) is 2. The minimum atomic E-state index is 0.134. The molecular formula is C14H27N3O. The van der Waals surface area contributed by atoms with E-state index in [1.165, 1.54) is 0 Å². The van der Waals surface area contributed by atoms with Crippen molar-refractivity contribution in [2.45, 2.75) is 66.3 Å². The van der Waals surface area contributed by atoms with Crippen LogP contribution >= 0.6 is 0 Å². The summed E-state index contributed by atoms with van der Waals surface area (Å²) in [7, 11) is 0. The van der Waals surface area contributed by atoms with Gasteiger partial charge in [-0.1, -0.05) is 20.8 Å². The molecule has 1 heterocycles. The molecule has 0 aromatic carbocycles. The van der Waals surface area contributed by atoms with Crippen LogP contribution < -0.4 is 5.32 Å². The van der Waals surface area contributed by atoms with E-state index in [0.29, 0.717) is 5.41 Å². The van der Waals surface area contributed by atoms with Crippen LogP contribution in [0.1, 0.15) is 59.7 Å². The van der Waals surface area contributed by atoms with Crippen LogP contribution in [0.2, 0.25) is 0 Å². The van der Waals surface area contributed by atoms with E-state index in [-0.39, 0.29) is 5.54 Å². The van der Waals surface area contributed by atoms with Gasteiger partial charge < -0.3 is 9.73 Å². The first-order valence-electron chi connectivity index (χ1n) is 6.72. The molecule has 104 valence electrons. The Labute approximate surface area is 111 Å². The SMILES string of the molecule is CC(C)(C)CCc1nnc(CCNC(C)(C)C)o1. The molecule has 1 aromatic rings. The van der Waals surface area contributed by atoms with Crippen molar-refractivity contribution >= 4 is 0 Å². The predicted octanol–water partition coefficient (Wildman–Crippen LogP) is 2.98. The summed E-state index contributed by atoms with van der Waals surface area (Å²) >= 11 is 0. The average molecular weight is 253 g/mol. The second kappa shape index (κ2) is 5.83. The lowest BCUT2D eigenvalue weighted by molar-refractivity contribution is 0.347. The van der Waals surface area contributed by atoms with Gasteiger partial charge in [0.25, 0.3) is 0 Å². The highest BCUT2D eigenvalue weighted by Gasteiger charge is 2.14. The summed E-state index contributed by atoms with van der Waals surface area (Å²) in [5, 5.41) is 11.6. The zero-order chi connectivity index (χ0) is 13.8. The second-order valence-electron chi connectivity index (χ2n) is 7.08. The molecule has 0 bridgehead atoms. The number of hydrogen-bond acceptors (Lipinski definition) is 4. The average Bonchev–Trinajstić information content (AvgIpc) is 2.60. The molecule has 1 N–H and O–H groups in total. The number of hydrogen-bond donors (Lipinski definition) is 1. The molecule has 0 spiro atoms. The molecule has 0 saturated carbocycles. The first-order valence-corrected chi connectivity index (χ1v) is 6.72. The maximum absolute atomic E-state index is 5.63. The van der Waals surface area contributed by atoms with E-state index in [4.69, 9.17) is 4.42 Å². The minimum Gasteiger partial charge on any atom is -0.425 e. The molecule has 0 atom stereocenters. The van der Waals surface area contributed by atoms with Gasteiger partial charge in [-0.3, -0.25) is 0 Å². The molecule has 0 aliphatic heterocycles. The third kappa shape index (κ3) is 6.74. The Morgan fingerprint density at radius 2 is 1.50 bits per heavy atom. The molecule has 0 aliphatic rings. The molecule has 0 saturated heterocycles. The van der Waals surface area contributed by atoms with Crippen LogP contribution in [0.15, 0.2) is 4.42 Å². The van der Waals surface area contributed by atoms with Crippen LogP contribution in [0, 0.1) is 5.41 Å². The summed E-state index contributed by atoms with van der Waals surface area (Å²) in [4.78, 5) is 0. The lowest BCUT2D eigenvalue weighted by Crippen LogP contribution is -2.37. The smallest absolute Gasteiger partial charge is 0.217 e. The number of nitrogens with one attached hydrogen (secondary N) is 1. The Kier molecular flexibility index (Phi) is 4.91. The first-order chi connectivity index (χ1) is 8.16. The van der Waals surface area contributed by atoms with E-state index in [1.54, 1.807) is 0 Å². The van der Waals surface area contributed by atoms with E-state index in [9.17, 15) is 0 Å². The van der Waals surface area contributed by atoms with Crippen LogP contribution in [0.4, 0.5) is 0 Å². The van der Waals surface area contributed by atoms with Crippen molar-refractivity contribution in [1.82, 2.24) is 15.5 Å². The van der Waals surface area contributed by atoms with Crippen LogP contribution in [0.5, 0.6) is 0 Å². The van der Waals surface area contributed by atoms with E-state index in [1.807, 2.05) is 0 Å². The molecule has 0 aliphatic carbocycles. The fraction of sp³-hybridized carbons (Fsp3) is 0.857. The largest absolute Gasteiger partial charge is 0.425 e. The molecule has 18 heavy (non-hydrogen) atoms. The summed E-state index contributed by atoms with van der Waals surface area (Å²) in [6.45, 7) is 14.0. The standard InChI is InChI=1S/C14H27N3O/c1-13(2,3)9-7-11-16-17-12(18-11)8-10-15-14(4,5)6/h15H,7-10H2,1-6H3. The Hall–Kier alpha value is -0.900. The van der Waals surface area contributed by atoms with Gasteiger partial charge in [-0.2, -0.15) is 0 Å². The van der Waals surface area contributed by atoms with Crippen molar-refractivity contribution in [3.8, 4) is 0 Å². The highest BCUT2D eigenvalue weighted by molar-refractivity contribution is 4.85. The summed E-state index contributed by atoms with van der Waals surface area (Å²) in [5.74, 6) is 1.49. The van der Waals surface area contributed by atoms with E-state index in [2.05, 4.69) is 57.1 Å². The van der Waals surface area contributed by atoms with Crippen LogP contribution in [-0.2, 0) is 12.8 Å². The third-order valence-electron chi connectivity index (χ3n) is 2.59. The number of rotatable bonds is 5. The Bertz CT molecular complexity index is 358. The lowest BCUT2D eigenvalue weighted by Gasteiger charge is -2.19. The van der Waals surface area contributed by atoms with E-state index < -0.39 is 0 Å². The van der Waals surface area contributed by atoms with E-state index in [0.717, 1.165) is 37.6 Å². The maximum Gasteiger partial charge on any atom is 0.217 e. The summed E-state index contributed by atoms with van der Waals surface area (Å²) < 4.78 is 5.63.